The molecule has 0 spiro atoms. The minimum Gasteiger partial charge on any atom is -0.465 e. The van der Waals surface area contributed by atoms with Gasteiger partial charge in [0.2, 0.25) is 5.91 Å². The van der Waals surface area contributed by atoms with Gasteiger partial charge >= 0.3 is 6.09 Å². The van der Waals surface area contributed by atoms with Gasteiger partial charge in [-0.25, -0.2) is 4.79 Å². The number of benzene rings is 1. The summed E-state index contributed by atoms with van der Waals surface area (Å²) in [5, 5.41) is 15.6. The Morgan fingerprint density at radius 1 is 1.08 bits per heavy atom. The Balaban J connectivity index is 2.02. The number of nitrogens with one attached hydrogen (secondary N) is 3. The predicted octanol–water partition coefficient (Wildman–Crippen LogP) is 0.992. The maximum atomic E-state index is 11.5. The number of carboxylic acid groups (broad SMARTS) is 1. The van der Waals surface area contributed by atoms with Crippen LogP contribution in [-0.4, -0.2) is 41.6 Å². The van der Waals surface area contributed by atoms with Gasteiger partial charge in [0.25, 0.3) is 5.91 Å². The number of amides is 3. The molecule has 0 saturated heterocycles. The van der Waals surface area contributed by atoms with Gasteiger partial charge in [0.15, 0.2) is 0 Å². The van der Waals surface area contributed by atoms with Crippen molar-refractivity contribution in [3.05, 3.63) is 53.9 Å². The number of aromatic nitrogens is 1. The van der Waals surface area contributed by atoms with E-state index < -0.39 is 12.0 Å². The van der Waals surface area contributed by atoms with Crippen molar-refractivity contribution in [2.75, 3.05) is 13.6 Å². The number of rotatable bonds is 6. The van der Waals surface area contributed by atoms with Crippen molar-refractivity contribution in [2.45, 2.75) is 6.54 Å². The molecule has 0 unspecified atom stereocenters. The van der Waals surface area contributed by atoms with E-state index in [-0.39, 0.29) is 19.0 Å². The van der Waals surface area contributed by atoms with Gasteiger partial charge in [-0.3, -0.25) is 14.6 Å². The Bertz CT molecular complexity index is 774. The number of carbonyl (C=O) groups excluding carboxylic acids is 2. The van der Waals surface area contributed by atoms with Crippen LogP contribution in [0.25, 0.3) is 11.1 Å². The summed E-state index contributed by atoms with van der Waals surface area (Å²) in [5.74, 6) is -0.664. The first kappa shape index (κ1) is 17.9. The monoisotopic (exact) mass is 342 g/mol. The van der Waals surface area contributed by atoms with Crippen LogP contribution >= 0.6 is 0 Å². The van der Waals surface area contributed by atoms with E-state index in [0.717, 1.165) is 16.7 Å². The largest absolute Gasteiger partial charge is 0.465 e. The molecule has 0 saturated carbocycles. The second kappa shape index (κ2) is 8.44. The molecule has 0 aliphatic carbocycles. The molecule has 8 nitrogen and oxygen atoms in total. The highest BCUT2D eigenvalue weighted by Gasteiger charge is 2.07. The van der Waals surface area contributed by atoms with E-state index in [1.54, 1.807) is 25.4 Å². The van der Waals surface area contributed by atoms with Crippen molar-refractivity contribution in [1.82, 2.24) is 20.9 Å². The summed E-state index contributed by atoms with van der Waals surface area (Å²) in [4.78, 5) is 37.5. The van der Waals surface area contributed by atoms with Gasteiger partial charge < -0.3 is 21.1 Å². The van der Waals surface area contributed by atoms with E-state index >= 15 is 0 Å². The SMILES string of the molecule is CNC(=O)c1ccc(-c2cccc(CNC(=O)CNC(=O)O)c2)cn1. The molecule has 0 atom stereocenters. The van der Waals surface area contributed by atoms with Gasteiger partial charge in [0, 0.05) is 25.4 Å². The van der Waals surface area contributed by atoms with Crippen LogP contribution in [0.1, 0.15) is 16.1 Å². The Morgan fingerprint density at radius 2 is 1.88 bits per heavy atom. The standard InChI is InChI=1S/C17H18N4O4/c1-18-16(23)14-6-5-13(9-19-14)12-4-2-3-11(7-12)8-20-15(22)10-21-17(24)25/h2-7,9,21H,8,10H2,1H3,(H,18,23)(H,20,22)(H,24,25). The molecule has 0 aliphatic heterocycles. The van der Waals surface area contributed by atoms with Crippen LogP contribution in [0.2, 0.25) is 0 Å². The average Bonchev–Trinajstić information content (AvgIpc) is 2.64. The summed E-state index contributed by atoms with van der Waals surface area (Å²) in [6.45, 7) is -0.0162. The molecule has 1 heterocycles. The number of pyridine rings is 1. The molecule has 1 aromatic carbocycles. The van der Waals surface area contributed by atoms with Crippen LogP contribution in [0.5, 0.6) is 0 Å². The lowest BCUT2D eigenvalue weighted by Gasteiger charge is -2.08. The number of carbonyl (C=O) groups is 3. The smallest absolute Gasteiger partial charge is 0.405 e. The molecule has 0 radical (unpaired) electrons. The third-order valence-corrected chi connectivity index (χ3v) is 3.37. The molecule has 130 valence electrons. The Hall–Kier alpha value is -3.42. The Morgan fingerprint density at radius 3 is 2.52 bits per heavy atom. The highest BCUT2D eigenvalue weighted by Crippen LogP contribution is 2.20. The normalized spacial score (nSPS) is 9.96. The maximum Gasteiger partial charge on any atom is 0.405 e. The molecule has 0 aliphatic rings. The first-order valence-electron chi connectivity index (χ1n) is 7.50. The molecular weight excluding hydrogens is 324 g/mol. The van der Waals surface area contributed by atoms with Gasteiger partial charge in [-0.15, -0.1) is 0 Å². The van der Waals surface area contributed by atoms with Crippen LogP contribution in [0.15, 0.2) is 42.6 Å². The highest BCUT2D eigenvalue weighted by molar-refractivity contribution is 5.92. The lowest BCUT2D eigenvalue weighted by atomic mass is 10.0. The van der Waals surface area contributed by atoms with Crippen molar-refractivity contribution in [3.8, 4) is 11.1 Å². The molecule has 3 amide bonds. The van der Waals surface area contributed by atoms with Gasteiger partial charge in [-0.2, -0.15) is 0 Å². The summed E-state index contributed by atoms with van der Waals surface area (Å²) in [7, 11) is 1.54. The summed E-state index contributed by atoms with van der Waals surface area (Å²) >= 11 is 0. The topological polar surface area (TPSA) is 120 Å². The first-order chi connectivity index (χ1) is 12.0. The van der Waals surface area contributed by atoms with E-state index in [4.69, 9.17) is 5.11 Å². The third-order valence-electron chi connectivity index (χ3n) is 3.37. The van der Waals surface area contributed by atoms with Gasteiger partial charge in [0.05, 0.1) is 6.54 Å². The fourth-order valence-corrected chi connectivity index (χ4v) is 2.11. The van der Waals surface area contributed by atoms with E-state index in [1.165, 1.54) is 0 Å². The van der Waals surface area contributed by atoms with E-state index in [1.807, 2.05) is 29.6 Å². The highest BCUT2D eigenvalue weighted by atomic mass is 16.4. The Labute approximate surface area is 144 Å². The van der Waals surface area contributed by atoms with Crippen LogP contribution in [0, 0.1) is 0 Å². The zero-order valence-corrected chi connectivity index (χ0v) is 13.6. The molecule has 2 aromatic rings. The quantitative estimate of drug-likeness (QED) is 0.624. The maximum absolute atomic E-state index is 11.5. The number of nitrogens with zero attached hydrogens (tertiary/aromatic N) is 1. The average molecular weight is 342 g/mol. The Kier molecular flexibility index (Phi) is 6.05. The van der Waals surface area contributed by atoms with Crippen molar-refractivity contribution < 1.29 is 19.5 Å². The zero-order chi connectivity index (χ0) is 18.2. The van der Waals surface area contributed by atoms with Crippen LogP contribution in [-0.2, 0) is 11.3 Å². The second-order valence-corrected chi connectivity index (χ2v) is 5.15. The zero-order valence-electron chi connectivity index (χ0n) is 13.6. The summed E-state index contributed by atoms with van der Waals surface area (Å²) < 4.78 is 0. The van der Waals surface area contributed by atoms with Crippen molar-refractivity contribution in [2.24, 2.45) is 0 Å². The fourth-order valence-electron chi connectivity index (χ4n) is 2.11. The van der Waals surface area contributed by atoms with Gasteiger partial charge in [-0.05, 0) is 23.3 Å². The van der Waals surface area contributed by atoms with Crippen molar-refractivity contribution >= 4 is 17.9 Å². The van der Waals surface area contributed by atoms with E-state index in [2.05, 4.69) is 15.6 Å². The molecule has 0 fully saturated rings. The van der Waals surface area contributed by atoms with Gasteiger partial charge in [0.1, 0.15) is 5.69 Å². The molecule has 8 heteroatoms. The van der Waals surface area contributed by atoms with E-state index in [0.29, 0.717) is 5.69 Å². The van der Waals surface area contributed by atoms with Crippen LogP contribution in [0.4, 0.5) is 4.79 Å². The van der Waals surface area contributed by atoms with Crippen LogP contribution in [0.3, 0.4) is 0 Å². The summed E-state index contributed by atoms with van der Waals surface area (Å²) in [5.41, 5.74) is 2.93. The number of hydrogen-bond acceptors (Lipinski definition) is 4. The molecule has 0 bridgehead atoms. The second-order valence-electron chi connectivity index (χ2n) is 5.15. The summed E-state index contributed by atoms with van der Waals surface area (Å²) in [6, 6.07) is 10.9. The molecule has 1 aromatic heterocycles. The first-order valence-corrected chi connectivity index (χ1v) is 7.50. The molecule has 25 heavy (non-hydrogen) atoms. The lowest BCUT2D eigenvalue weighted by molar-refractivity contribution is -0.120. The minimum atomic E-state index is -1.25. The third kappa shape index (κ3) is 5.31. The molecule has 2 rings (SSSR count). The minimum absolute atomic E-state index is 0.252. The predicted molar refractivity (Wildman–Crippen MR) is 90.9 cm³/mol. The van der Waals surface area contributed by atoms with E-state index in [9.17, 15) is 14.4 Å². The van der Waals surface area contributed by atoms with Crippen molar-refractivity contribution in [1.29, 1.82) is 0 Å². The number of hydrogen-bond donors (Lipinski definition) is 4. The van der Waals surface area contributed by atoms with Gasteiger partial charge in [-0.1, -0.05) is 24.3 Å². The molecular formula is C17H18N4O4. The molecule has 4 N–H and O–H groups in total. The lowest BCUT2D eigenvalue weighted by Crippen LogP contribution is -2.35. The van der Waals surface area contributed by atoms with Crippen molar-refractivity contribution in [3.63, 3.8) is 0 Å². The fraction of sp³-hybridized carbons (Fsp3) is 0.176. The van der Waals surface area contributed by atoms with Crippen LogP contribution < -0.4 is 16.0 Å². The summed E-state index contributed by atoms with van der Waals surface area (Å²) in [6.07, 6.45) is 0.365.